The molecule has 5 rings (SSSR count). The summed E-state index contributed by atoms with van der Waals surface area (Å²) in [5.74, 6) is 0. The van der Waals surface area contributed by atoms with Crippen molar-refractivity contribution in [1.82, 2.24) is 0 Å². The first kappa shape index (κ1) is 48.1. The van der Waals surface area contributed by atoms with Gasteiger partial charge in [0.15, 0.2) is 21.8 Å². The van der Waals surface area contributed by atoms with Gasteiger partial charge in [-0.1, -0.05) is 175 Å². The highest BCUT2D eigenvalue weighted by molar-refractivity contribution is 7.97. The average Bonchev–Trinajstić information content (AvgIpc) is 3.12. The number of hydrogen-bond acceptors (Lipinski definition) is 0. The van der Waals surface area contributed by atoms with Crippen LogP contribution in [0.1, 0.15) is 84.1 Å². The van der Waals surface area contributed by atoms with Crippen molar-refractivity contribution in [3.8, 4) is 0 Å². The van der Waals surface area contributed by atoms with E-state index in [1.165, 1.54) is 21.8 Å². The molecule has 0 N–H and O–H groups in total. The van der Waals surface area contributed by atoms with Crippen LogP contribution in [-0.4, -0.2) is 0 Å². The molecule has 44 heavy (non-hydrogen) atoms. The molecule has 0 fully saturated rings. The van der Waals surface area contributed by atoms with Crippen LogP contribution < -0.4 is 21.2 Å². The Morgan fingerprint density at radius 1 is 0.295 bits per heavy atom. The minimum atomic E-state index is -0.0146. The fraction of sp³-hybridized carbons (Fsp3) is 0.286. The van der Waals surface area contributed by atoms with Crippen molar-refractivity contribution in [3.63, 3.8) is 0 Å². The quantitative estimate of drug-likeness (QED) is 0.125. The molecule has 0 radical (unpaired) electrons. The van der Waals surface area contributed by atoms with E-state index in [-0.39, 0.29) is 47.0 Å². The second kappa shape index (κ2) is 36.4. The molecule has 0 spiro atoms. The Labute approximate surface area is 288 Å². The highest BCUT2D eigenvalue weighted by Crippen LogP contribution is 2.30. The van der Waals surface area contributed by atoms with Crippen molar-refractivity contribution in [2.45, 2.75) is 98.8 Å². The van der Waals surface area contributed by atoms with E-state index in [2.05, 4.69) is 152 Å². The Kier molecular flexibility index (Phi) is 39.8. The smallest absolute Gasteiger partial charge is 0.0776 e. The topological polar surface area (TPSA) is 0 Å². The highest BCUT2D eigenvalue weighted by atomic mass is 127. The Bertz CT molecular complexity index is 1030. The van der Waals surface area contributed by atoms with E-state index >= 15 is 0 Å². The maximum Gasteiger partial charge on any atom is 0.357 e. The third-order valence-corrected chi connectivity index (χ3v) is 9.54. The van der Waals surface area contributed by atoms with Gasteiger partial charge in [-0.05, 0) is 60.7 Å². The van der Waals surface area contributed by atoms with Crippen LogP contribution in [0.4, 0.5) is 0 Å². The van der Waals surface area contributed by atoms with Crippen molar-refractivity contribution >= 4 is 10.9 Å². The summed E-state index contributed by atoms with van der Waals surface area (Å²) < 4.78 is 2.96. The number of benzene rings is 5. The summed E-state index contributed by atoms with van der Waals surface area (Å²) in [6.07, 6.45) is 0. The van der Waals surface area contributed by atoms with Crippen LogP contribution in [0.2, 0.25) is 0 Å². The van der Waals surface area contributed by atoms with E-state index in [9.17, 15) is 0 Å². The molecule has 0 amide bonds. The van der Waals surface area contributed by atoms with Gasteiger partial charge in [0, 0.05) is 0 Å². The monoisotopic (exact) mass is 726 g/mol. The van der Waals surface area contributed by atoms with Gasteiger partial charge in [-0.15, -0.1) is 0 Å². The maximum atomic E-state index is 2.21. The van der Waals surface area contributed by atoms with Gasteiger partial charge in [0.1, 0.15) is 0 Å². The summed E-state index contributed by atoms with van der Waals surface area (Å²) >= 11 is 0.0287. The predicted molar refractivity (Wildman–Crippen MR) is 202 cm³/mol. The van der Waals surface area contributed by atoms with Crippen LogP contribution in [0, 0.1) is 7.14 Å². The first-order valence-electron chi connectivity index (χ1n) is 15.5. The summed E-state index contributed by atoms with van der Waals surface area (Å²) in [6, 6.07) is 53.6. The van der Waals surface area contributed by atoms with Crippen molar-refractivity contribution in [1.29, 1.82) is 0 Å². The minimum absolute atomic E-state index is 0. The Hall–Kier alpha value is -2.82. The van der Waals surface area contributed by atoms with Crippen molar-refractivity contribution in [2.24, 2.45) is 0 Å². The molecule has 0 unspecified atom stereocenters. The second-order valence-corrected chi connectivity index (χ2v) is 12.0. The summed E-state index contributed by atoms with van der Waals surface area (Å²) in [7, 11) is -0.0146. The van der Waals surface area contributed by atoms with Gasteiger partial charge >= 0.3 is 21.2 Å². The first-order valence-corrected chi connectivity index (χ1v) is 18.9. The van der Waals surface area contributed by atoms with Gasteiger partial charge in [0.05, 0.1) is 10.9 Å². The number of halogens is 1. The van der Waals surface area contributed by atoms with Crippen LogP contribution in [0.25, 0.3) is 0 Å². The molecular weight excluding hydrogens is 663 g/mol. The van der Waals surface area contributed by atoms with Crippen LogP contribution >= 0.6 is 0 Å². The van der Waals surface area contributed by atoms with E-state index in [0.29, 0.717) is 0 Å². The van der Waals surface area contributed by atoms with Crippen LogP contribution in [-0.2, 0) is 10.9 Å². The average molecular weight is 727 g/mol. The lowest BCUT2D eigenvalue weighted by atomic mass is 10.4. The maximum absolute atomic E-state index is 2.21. The van der Waals surface area contributed by atoms with Gasteiger partial charge < -0.3 is 0 Å². The largest absolute Gasteiger partial charge is 0.357 e. The summed E-state index contributed by atoms with van der Waals surface area (Å²) in [5, 5.41) is 0. The van der Waals surface area contributed by atoms with E-state index < -0.39 is 0 Å². The molecule has 0 atom stereocenters. The predicted octanol–water partition coefficient (Wildman–Crippen LogP) is 11.0. The van der Waals surface area contributed by atoms with Crippen LogP contribution in [0.5, 0.6) is 0 Å². The van der Waals surface area contributed by atoms with Crippen molar-refractivity contribution < 1.29 is 21.2 Å². The van der Waals surface area contributed by atoms with E-state index in [1.54, 1.807) is 0 Å². The molecular formula is C42H63IS+2. The summed E-state index contributed by atoms with van der Waals surface area (Å²) in [4.78, 5) is 4.08. The van der Waals surface area contributed by atoms with Gasteiger partial charge in [-0.25, -0.2) is 0 Å². The second-order valence-electron chi connectivity index (χ2n) is 6.93. The zero-order valence-corrected chi connectivity index (χ0v) is 30.7. The number of hydrogen-bond donors (Lipinski definition) is 0. The molecule has 0 nitrogen and oxygen atoms in total. The summed E-state index contributed by atoms with van der Waals surface area (Å²) in [5.41, 5.74) is 0. The summed E-state index contributed by atoms with van der Waals surface area (Å²) in [6.45, 7) is 20.0. The Morgan fingerprint density at radius 2 is 0.477 bits per heavy atom. The molecule has 5 aromatic carbocycles. The van der Waals surface area contributed by atoms with Gasteiger partial charge in [0.2, 0.25) is 0 Å². The minimum Gasteiger partial charge on any atom is -0.0776 e. The molecule has 0 saturated heterocycles. The van der Waals surface area contributed by atoms with Gasteiger partial charge in [-0.3, -0.25) is 0 Å². The first-order chi connectivity index (χ1) is 20.9. The third kappa shape index (κ3) is 20.2. The molecule has 0 aromatic heterocycles. The van der Waals surface area contributed by atoms with Gasteiger partial charge in [-0.2, -0.15) is 0 Å². The van der Waals surface area contributed by atoms with E-state index in [1.807, 2.05) is 69.2 Å². The van der Waals surface area contributed by atoms with E-state index in [0.717, 1.165) is 0 Å². The lowest BCUT2D eigenvalue weighted by Gasteiger charge is -2.07. The standard InChI is InChI=1S/C18H15S.C12H10I.5C2H6.2CH4/c1-4-10-16(11-5-1)19(17-12-6-2-7-13-17)18-14-8-3-9-15-18;1-3-7-11(8-4-1)13-12-9-5-2-6-10-12;5*1-2;;/h1-15H;1-10H;5*1-2H3;2*1H4/q2*+1;;;;;;;. The fourth-order valence-electron chi connectivity index (χ4n) is 3.16. The molecule has 0 saturated carbocycles. The zero-order chi connectivity index (χ0) is 31.8. The van der Waals surface area contributed by atoms with Crippen molar-refractivity contribution in [2.75, 3.05) is 0 Å². The lowest BCUT2D eigenvalue weighted by molar-refractivity contribution is -0.597. The normalized spacial score (nSPS) is 8.16. The third-order valence-electron chi connectivity index (χ3n) is 4.62. The Balaban J connectivity index is -0.000000282. The zero-order valence-electron chi connectivity index (χ0n) is 27.7. The molecule has 5 aromatic rings. The molecule has 0 bridgehead atoms. The SMILES string of the molecule is C.C.CC.CC.CC.CC.CC.c1ccc([I+]c2ccccc2)cc1.c1ccc([S+](c2ccccc2)c2ccccc2)cc1. The molecule has 0 aliphatic carbocycles. The van der Waals surface area contributed by atoms with Crippen LogP contribution in [0.15, 0.2) is 166 Å². The number of rotatable bonds is 5. The lowest BCUT2D eigenvalue weighted by Crippen LogP contribution is -3.61. The molecule has 0 aliphatic rings. The van der Waals surface area contributed by atoms with E-state index in [4.69, 9.17) is 0 Å². The molecule has 2 heteroatoms. The molecule has 0 heterocycles. The fourth-order valence-corrected chi connectivity index (χ4v) is 7.53. The Morgan fingerprint density at radius 3 is 0.682 bits per heavy atom. The van der Waals surface area contributed by atoms with Crippen molar-refractivity contribution in [3.05, 3.63) is 159 Å². The molecule has 0 aliphatic heterocycles. The van der Waals surface area contributed by atoms with Gasteiger partial charge in [0.25, 0.3) is 0 Å². The van der Waals surface area contributed by atoms with Crippen LogP contribution in [0.3, 0.4) is 0 Å². The molecule has 242 valence electrons. The highest BCUT2D eigenvalue weighted by Gasteiger charge is 2.27.